The third-order valence-corrected chi connectivity index (χ3v) is 4.50. The lowest BCUT2D eigenvalue weighted by Crippen LogP contribution is -2.52. The van der Waals surface area contributed by atoms with Gasteiger partial charge in [0, 0.05) is 16.8 Å². The standard InChI is InChI=1S/C14H24N2OS/c1-6-9-14(4,15)13(17)16(5)11(3)12-8-7-10(2)18-12/h7-8,11H,6,9,15H2,1-5H3. The summed E-state index contributed by atoms with van der Waals surface area (Å²) in [6.07, 6.45) is 1.63. The second-order valence-electron chi connectivity index (χ2n) is 5.21. The zero-order valence-corrected chi connectivity index (χ0v) is 12.8. The van der Waals surface area contributed by atoms with Gasteiger partial charge in [-0.15, -0.1) is 11.3 Å². The number of carbonyl (C=O) groups excluding carboxylic acids is 1. The molecule has 102 valence electrons. The number of thiophene rings is 1. The average Bonchev–Trinajstić information content (AvgIpc) is 2.72. The van der Waals surface area contributed by atoms with E-state index in [0.29, 0.717) is 6.42 Å². The number of likely N-dealkylation sites (N-methyl/N-ethyl adjacent to an activating group) is 1. The molecular formula is C14H24N2OS. The summed E-state index contributed by atoms with van der Waals surface area (Å²) in [5.41, 5.74) is 5.35. The molecule has 3 nitrogen and oxygen atoms in total. The summed E-state index contributed by atoms with van der Waals surface area (Å²) in [6.45, 7) is 7.99. The van der Waals surface area contributed by atoms with Crippen molar-refractivity contribution < 1.29 is 4.79 Å². The highest BCUT2D eigenvalue weighted by Crippen LogP contribution is 2.28. The summed E-state index contributed by atoms with van der Waals surface area (Å²) in [5.74, 6) is 0.0166. The normalized spacial score (nSPS) is 16.1. The number of nitrogens with two attached hydrogens (primary N) is 1. The average molecular weight is 268 g/mol. The predicted octanol–water partition coefficient (Wildman–Crippen LogP) is 3.09. The molecule has 0 aliphatic rings. The highest BCUT2D eigenvalue weighted by Gasteiger charge is 2.32. The maximum absolute atomic E-state index is 12.4. The Labute approximate surface area is 114 Å². The fourth-order valence-electron chi connectivity index (χ4n) is 2.07. The molecule has 1 aromatic rings. The molecule has 2 unspecified atom stereocenters. The van der Waals surface area contributed by atoms with Gasteiger partial charge in [-0.3, -0.25) is 4.79 Å². The Morgan fingerprint density at radius 3 is 2.61 bits per heavy atom. The van der Waals surface area contributed by atoms with Crippen LogP contribution >= 0.6 is 11.3 Å². The summed E-state index contributed by atoms with van der Waals surface area (Å²) < 4.78 is 0. The first kappa shape index (κ1) is 15.2. The molecule has 18 heavy (non-hydrogen) atoms. The molecule has 1 heterocycles. The Morgan fingerprint density at radius 2 is 2.17 bits per heavy atom. The van der Waals surface area contributed by atoms with Gasteiger partial charge >= 0.3 is 0 Å². The minimum Gasteiger partial charge on any atom is -0.337 e. The van der Waals surface area contributed by atoms with E-state index in [0.717, 1.165) is 6.42 Å². The van der Waals surface area contributed by atoms with Crippen LogP contribution in [0.3, 0.4) is 0 Å². The van der Waals surface area contributed by atoms with Crippen LogP contribution in [-0.4, -0.2) is 23.4 Å². The molecule has 0 spiro atoms. The van der Waals surface area contributed by atoms with Gasteiger partial charge in [-0.1, -0.05) is 13.3 Å². The minimum atomic E-state index is -0.760. The number of rotatable bonds is 5. The van der Waals surface area contributed by atoms with Gasteiger partial charge < -0.3 is 10.6 Å². The van der Waals surface area contributed by atoms with Crippen molar-refractivity contribution >= 4 is 17.2 Å². The molecule has 0 saturated carbocycles. The lowest BCUT2D eigenvalue weighted by molar-refractivity contribution is -0.137. The second-order valence-corrected chi connectivity index (χ2v) is 6.53. The van der Waals surface area contributed by atoms with Crippen LogP contribution in [0.5, 0.6) is 0 Å². The molecular weight excluding hydrogens is 244 g/mol. The summed E-state index contributed by atoms with van der Waals surface area (Å²) in [7, 11) is 1.84. The number of amides is 1. The summed E-state index contributed by atoms with van der Waals surface area (Å²) in [6, 6.07) is 4.25. The highest BCUT2D eigenvalue weighted by molar-refractivity contribution is 7.12. The van der Waals surface area contributed by atoms with Gasteiger partial charge in [-0.2, -0.15) is 0 Å². The molecule has 0 bridgehead atoms. The van der Waals surface area contributed by atoms with Crippen LogP contribution in [0.4, 0.5) is 0 Å². The molecule has 2 N–H and O–H groups in total. The number of hydrogen-bond donors (Lipinski definition) is 1. The Kier molecular flexibility index (Phi) is 4.93. The van der Waals surface area contributed by atoms with Crippen molar-refractivity contribution in [2.24, 2.45) is 5.73 Å². The molecule has 0 aromatic carbocycles. The highest BCUT2D eigenvalue weighted by atomic mass is 32.1. The summed E-state index contributed by atoms with van der Waals surface area (Å²) in [5, 5.41) is 0. The largest absolute Gasteiger partial charge is 0.337 e. The molecule has 0 saturated heterocycles. The molecule has 1 aromatic heterocycles. The van der Waals surface area contributed by atoms with Crippen LogP contribution < -0.4 is 5.73 Å². The van der Waals surface area contributed by atoms with Crippen LogP contribution in [0, 0.1) is 6.92 Å². The fourth-order valence-corrected chi connectivity index (χ4v) is 3.05. The molecule has 0 aliphatic heterocycles. The first-order valence-electron chi connectivity index (χ1n) is 6.42. The van der Waals surface area contributed by atoms with Crippen LogP contribution in [0.15, 0.2) is 12.1 Å². The molecule has 0 fully saturated rings. The van der Waals surface area contributed by atoms with E-state index in [1.807, 2.05) is 27.8 Å². The van der Waals surface area contributed by atoms with Crippen molar-refractivity contribution in [3.63, 3.8) is 0 Å². The second kappa shape index (κ2) is 5.85. The quantitative estimate of drug-likeness (QED) is 0.892. The van der Waals surface area contributed by atoms with E-state index in [1.54, 1.807) is 16.2 Å². The number of aryl methyl sites for hydroxylation is 1. The first-order chi connectivity index (χ1) is 8.29. The Balaban J connectivity index is 2.80. The van der Waals surface area contributed by atoms with Crippen LogP contribution in [-0.2, 0) is 4.79 Å². The Hall–Kier alpha value is -0.870. The third-order valence-electron chi connectivity index (χ3n) is 3.33. The minimum absolute atomic E-state index is 0.0166. The van der Waals surface area contributed by atoms with E-state index in [2.05, 4.69) is 19.1 Å². The van der Waals surface area contributed by atoms with Gasteiger partial charge in [-0.05, 0) is 39.3 Å². The molecule has 0 aliphatic carbocycles. The zero-order valence-electron chi connectivity index (χ0n) is 12.0. The van der Waals surface area contributed by atoms with Crippen molar-refractivity contribution in [1.29, 1.82) is 0 Å². The van der Waals surface area contributed by atoms with Crippen LogP contribution in [0.1, 0.15) is 49.4 Å². The van der Waals surface area contributed by atoms with Gasteiger partial charge in [0.05, 0.1) is 11.6 Å². The maximum atomic E-state index is 12.4. The van der Waals surface area contributed by atoms with Crippen molar-refractivity contribution in [1.82, 2.24) is 4.90 Å². The van der Waals surface area contributed by atoms with Crippen LogP contribution in [0.2, 0.25) is 0 Å². The van der Waals surface area contributed by atoms with Crippen molar-refractivity contribution in [3.05, 3.63) is 21.9 Å². The van der Waals surface area contributed by atoms with Crippen LogP contribution in [0.25, 0.3) is 0 Å². The fraction of sp³-hybridized carbons (Fsp3) is 0.643. The molecule has 1 rings (SSSR count). The third kappa shape index (κ3) is 3.33. The maximum Gasteiger partial charge on any atom is 0.242 e. The van der Waals surface area contributed by atoms with E-state index < -0.39 is 5.54 Å². The number of nitrogens with zero attached hydrogens (tertiary/aromatic N) is 1. The van der Waals surface area contributed by atoms with Gasteiger partial charge in [-0.25, -0.2) is 0 Å². The zero-order chi connectivity index (χ0) is 13.9. The topological polar surface area (TPSA) is 46.3 Å². The van der Waals surface area contributed by atoms with E-state index in [4.69, 9.17) is 5.73 Å². The predicted molar refractivity (Wildman–Crippen MR) is 77.7 cm³/mol. The first-order valence-corrected chi connectivity index (χ1v) is 7.23. The van der Waals surface area contributed by atoms with E-state index in [9.17, 15) is 4.79 Å². The number of hydrogen-bond acceptors (Lipinski definition) is 3. The van der Waals surface area contributed by atoms with Crippen molar-refractivity contribution in [3.8, 4) is 0 Å². The van der Waals surface area contributed by atoms with Crippen molar-refractivity contribution in [2.75, 3.05) is 7.05 Å². The molecule has 1 amide bonds. The molecule has 2 atom stereocenters. The van der Waals surface area contributed by atoms with E-state index >= 15 is 0 Å². The van der Waals surface area contributed by atoms with E-state index in [1.165, 1.54) is 9.75 Å². The Bertz CT molecular complexity index is 412. The lowest BCUT2D eigenvalue weighted by Gasteiger charge is -2.32. The molecule has 4 heteroatoms. The monoisotopic (exact) mass is 268 g/mol. The number of carbonyl (C=O) groups is 1. The molecule has 0 radical (unpaired) electrons. The van der Waals surface area contributed by atoms with E-state index in [-0.39, 0.29) is 11.9 Å². The lowest BCUT2D eigenvalue weighted by atomic mass is 9.95. The summed E-state index contributed by atoms with van der Waals surface area (Å²) in [4.78, 5) is 16.6. The Morgan fingerprint density at radius 1 is 1.56 bits per heavy atom. The SMILES string of the molecule is CCCC(C)(N)C(=O)N(C)C(C)c1ccc(C)s1. The van der Waals surface area contributed by atoms with Gasteiger partial charge in [0.25, 0.3) is 0 Å². The summed E-state index contributed by atoms with van der Waals surface area (Å²) >= 11 is 1.73. The van der Waals surface area contributed by atoms with Gasteiger partial charge in [0.1, 0.15) is 0 Å². The van der Waals surface area contributed by atoms with Gasteiger partial charge in [0.15, 0.2) is 0 Å². The van der Waals surface area contributed by atoms with Crippen molar-refractivity contribution in [2.45, 2.75) is 52.1 Å². The smallest absolute Gasteiger partial charge is 0.242 e. The van der Waals surface area contributed by atoms with Gasteiger partial charge in [0.2, 0.25) is 5.91 Å².